The summed E-state index contributed by atoms with van der Waals surface area (Å²) in [7, 11) is 3.04. The van der Waals surface area contributed by atoms with Gasteiger partial charge in [-0.2, -0.15) is 0 Å². The summed E-state index contributed by atoms with van der Waals surface area (Å²) in [5, 5.41) is 6.32. The van der Waals surface area contributed by atoms with Gasteiger partial charge in [-0.3, -0.25) is 4.79 Å². The Balaban J connectivity index is 2.29. The first-order chi connectivity index (χ1) is 9.57. The van der Waals surface area contributed by atoms with Crippen molar-refractivity contribution in [2.24, 2.45) is 5.11 Å². The summed E-state index contributed by atoms with van der Waals surface area (Å²) >= 11 is 0. The molecule has 0 aromatic rings. The van der Waals surface area contributed by atoms with E-state index in [2.05, 4.69) is 15.3 Å². The number of hydrogen-bond donors (Lipinski definition) is 1. The second-order valence-corrected chi connectivity index (χ2v) is 4.83. The van der Waals surface area contributed by atoms with E-state index in [1.54, 1.807) is 0 Å². The van der Waals surface area contributed by atoms with Gasteiger partial charge in [0.25, 0.3) is 0 Å². The standard InChI is InChI=1S/C11H18N4O5/c1-6(16)14-7-8(17-2)9(18-3)11(4-13-15-12)5-19-10(7)20-11/h7-10H,4-5H2,1-3H3,(H,14,16)/t7-,8-,9-,10+,11+/m1/s1. The fourth-order valence-electron chi connectivity index (χ4n) is 2.82. The Labute approximate surface area is 116 Å². The molecule has 2 aliphatic rings. The number of carbonyl (C=O) groups is 1. The minimum Gasteiger partial charge on any atom is -0.376 e. The number of nitrogens with zero attached hydrogens (tertiary/aromatic N) is 3. The van der Waals surface area contributed by atoms with Crippen molar-refractivity contribution in [3.8, 4) is 0 Å². The molecule has 2 fully saturated rings. The Bertz CT molecular complexity index is 427. The number of hydrogen-bond acceptors (Lipinski definition) is 6. The Morgan fingerprint density at radius 1 is 1.55 bits per heavy atom. The zero-order chi connectivity index (χ0) is 14.8. The minimum atomic E-state index is -0.888. The van der Waals surface area contributed by atoms with E-state index >= 15 is 0 Å². The van der Waals surface area contributed by atoms with Crippen molar-refractivity contribution >= 4 is 5.91 Å². The van der Waals surface area contributed by atoms with Gasteiger partial charge in [0.1, 0.15) is 23.9 Å². The van der Waals surface area contributed by atoms with E-state index in [0.717, 1.165) is 0 Å². The lowest BCUT2D eigenvalue weighted by Gasteiger charge is -2.45. The van der Waals surface area contributed by atoms with Gasteiger partial charge in [-0.1, -0.05) is 5.11 Å². The average Bonchev–Trinajstić information content (AvgIpc) is 2.80. The van der Waals surface area contributed by atoms with Gasteiger partial charge < -0.3 is 24.3 Å². The van der Waals surface area contributed by atoms with E-state index in [9.17, 15) is 4.79 Å². The van der Waals surface area contributed by atoms with Gasteiger partial charge in [0.15, 0.2) is 6.29 Å². The van der Waals surface area contributed by atoms with Crippen LogP contribution in [0.15, 0.2) is 5.11 Å². The SMILES string of the molecule is CO[C@@H]1[C@@H](NC(C)=O)[C@H]2OC[C@](CN=[N+]=[N-])(O2)[C@@H]1OC. The summed E-state index contributed by atoms with van der Waals surface area (Å²) in [6.45, 7) is 1.70. The van der Waals surface area contributed by atoms with Gasteiger partial charge in [0.05, 0.1) is 13.2 Å². The van der Waals surface area contributed by atoms with E-state index in [1.165, 1.54) is 21.1 Å². The molecule has 112 valence electrons. The third-order valence-corrected chi connectivity index (χ3v) is 3.60. The summed E-state index contributed by atoms with van der Waals surface area (Å²) in [5.74, 6) is -0.214. The summed E-state index contributed by atoms with van der Waals surface area (Å²) in [6, 6.07) is -0.482. The molecule has 2 aliphatic heterocycles. The molecule has 2 rings (SSSR count). The number of rotatable bonds is 5. The number of ether oxygens (including phenoxy) is 4. The molecule has 0 aromatic carbocycles. The Morgan fingerprint density at radius 2 is 2.30 bits per heavy atom. The van der Waals surface area contributed by atoms with Crippen molar-refractivity contribution in [1.29, 1.82) is 0 Å². The molecule has 2 heterocycles. The first-order valence-electron chi connectivity index (χ1n) is 6.21. The molecule has 20 heavy (non-hydrogen) atoms. The van der Waals surface area contributed by atoms with Crippen molar-refractivity contribution in [1.82, 2.24) is 5.32 Å². The molecule has 9 nitrogen and oxygen atoms in total. The predicted molar refractivity (Wildman–Crippen MR) is 66.8 cm³/mol. The molecular weight excluding hydrogens is 268 g/mol. The lowest BCUT2D eigenvalue weighted by molar-refractivity contribution is -0.233. The van der Waals surface area contributed by atoms with Gasteiger partial charge in [0.2, 0.25) is 5.91 Å². The number of amides is 1. The van der Waals surface area contributed by atoms with Crippen LogP contribution in [0.2, 0.25) is 0 Å². The molecule has 0 aromatic heterocycles. The predicted octanol–water partition coefficient (Wildman–Crippen LogP) is -0.0433. The molecular formula is C11H18N4O5. The highest BCUT2D eigenvalue weighted by atomic mass is 16.7. The zero-order valence-electron chi connectivity index (χ0n) is 11.6. The number of azide groups is 1. The molecule has 5 atom stereocenters. The number of carbonyl (C=O) groups excluding carboxylic acids is 1. The van der Waals surface area contributed by atoms with Crippen molar-refractivity contribution in [3.05, 3.63) is 10.4 Å². The van der Waals surface area contributed by atoms with Crippen molar-refractivity contribution in [2.75, 3.05) is 27.4 Å². The molecule has 0 aliphatic carbocycles. The van der Waals surface area contributed by atoms with E-state index < -0.39 is 30.1 Å². The van der Waals surface area contributed by atoms with Crippen LogP contribution in [-0.4, -0.2) is 63.4 Å². The zero-order valence-corrected chi connectivity index (χ0v) is 11.6. The van der Waals surface area contributed by atoms with Crippen LogP contribution in [0.3, 0.4) is 0 Å². The molecule has 2 bridgehead atoms. The highest BCUT2D eigenvalue weighted by Gasteiger charge is 2.60. The van der Waals surface area contributed by atoms with E-state index in [1.807, 2.05) is 0 Å². The highest BCUT2D eigenvalue weighted by molar-refractivity contribution is 5.73. The van der Waals surface area contributed by atoms with Crippen LogP contribution >= 0.6 is 0 Å². The molecule has 0 spiro atoms. The normalized spacial score (nSPS) is 39.1. The molecule has 0 radical (unpaired) electrons. The highest BCUT2D eigenvalue weighted by Crippen LogP contribution is 2.39. The largest absolute Gasteiger partial charge is 0.376 e. The quantitative estimate of drug-likeness (QED) is 0.432. The lowest BCUT2D eigenvalue weighted by atomic mass is 9.87. The number of nitrogens with one attached hydrogen (secondary N) is 1. The van der Waals surface area contributed by atoms with Crippen molar-refractivity contribution in [3.63, 3.8) is 0 Å². The molecule has 0 unspecified atom stereocenters. The van der Waals surface area contributed by atoms with Crippen molar-refractivity contribution < 1.29 is 23.7 Å². The second-order valence-electron chi connectivity index (χ2n) is 4.83. The van der Waals surface area contributed by atoms with E-state index in [-0.39, 0.29) is 19.1 Å². The van der Waals surface area contributed by atoms with Gasteiger partial charge in [-0.15, -0.1) is 0 Å². The van der Waals surface area contributed by atoms with Gasteiger partial charge in [-0.05, 0) is 5.53 Å². The lowest BCUT2D eigenvalue weighted by Crippen LogP contribution is -2.67. The van der Waals surface area contributed by atoms with E-state index in [4.69, 9.17) is 24.5 Å². The maximum atomic E-state index is 11.3. The van der Waals surface area contributed by atoms with Gasteiger partial charge in [-0.25, -0.2) is 0 Å². The first kappa shape index (κ1) is 15.0. The monoisotopic (exact) mass is 286 g/mol. The molecule has 1 amide bonds. The molecule has 1 N–H and O–H groups in total. The molecule has 2 saturated heterocycles. The number of fused-ring (bicyclic) bond motifs is 2. The Hall–Kier alpha value is -1.38. The van der Waals surface area contributed by atoms with Crippen LogP contribution in [0.1, 0.15) is 6.92 Å². The van der Waals surface area contributed by atoms with Gasteiger partial charge >= 0.3 is 0 Å². The summed E-state index contributed by atoms with van der Waals surface area (Å²) in [6.07, 6.45) is -1.63. The average molecular weight is 286 g/mol. The van der Waals surface area contributed by atoms with Crippen LogP contribution in [0.25, 0.3) is 10.4 Å². The Kier molecular flexibility index (Phi) is 4.46. The second kappa shape index (κ2) is 5.94. The fraction of sp³-hybridized carbons (Fsp3) is 0.909. The summed E-state index contributed by atoms with van der Waals surface area (Å²) < 4.78 is 22.3. The molecule has 0 saturated carbocycles. The third kappa shape index (κ3) is 2.46. The van der Waals surface area contributed by atoms with Crippen LogP contribution < -0.4 is 5.32 Å². The third-order valence-electron chi connectivity index (χ3n) is 3.60. The Morgan fingerprint density at radius 3 is 2.85 bits per heavy atom. The fourth-order valence-corrected chi connectivity index (χ4v) is 2.82. The van der Waals surface area contributed by atoms with Crippen LogP contribution in [0.4, 0.5) is 0 Å². The van der Waals surface area contributed by atoms with Crippen LogP contribution in [0.5, 0.6) is 0 Å². The first-order valence-corrected chi connectivity index (χ1v) is 6.21. The minimum absolute atomic E-state index is 0.0746. The van der Waals surface area contributed by atoms with Crippen LogP contribution in [-0.2, 0) is 23.7 Å². The summed E-state index contributed by atoms with van der Waals surface area (Å²) in [4.78, 5) is 14.1. The van der Waals surface area contributed by atoms with Crippen LogP contribution in [0, 0.1) is 0 Å². The van der Waals surface area contributed by atoms with Crippen molar-refractivity contribution in [2.45, 2.75) is 37.1 Å². The van der Waals surface area contributed by atoms with E-state index in [0.29, 0.717) is 0 Å². The smallest absolute Gasteiger partial charge is 0.217 e. The maximum absolute atomic E-state index is 11.3. The number of methoxy groups -OCH3 is 2. The summed E-state index contributed by atoms with van der Waals surface area (Å²) in [5.41, 5.74) is 7.62. The van der Waals surface area contributed by atoms with Gasteiger partial charge in [0, 0.05) is 26.1 Å². The molecule has 9 heteroatoms. The topological polar surface area (TPSA) is 115 Å². The maximum Gasteiger partial charge on any atom is 0.217 e.